The Morgan fingerprint density at radius 2 is 1.18 bits per heavy atom. The van der Waals surface area contributed by atoms with Gasteiger partial charge in [-0.25, -0.2) is 17.6 Å². The van der Waals surface area contributed by atoms with Crippen molar-refractivity contribution in [3.8, 4) is 5.75 Å². The molecule has 0 aliphatic carbocycles. The quantitative estimate of drug-likeness (QED) is 0.0918. The van der Waals surface area contributed by atoms with E-state index in [1.54, 1.807) is 0 Å². The van der Waals surface area contributed by atoms with Crippen LogP contribution >= 0.6 is 0 Å². The smallest absolute Gasteiger partial charge is 0.311 e. The maximum absolute atomic E-state index is 14.2. The van der Waals surface area contributed by atoms with Gasteiger partial charge < -0.3 is 4.74 Å². The van der Waals surface area contributed by atoms with Crippen molar-refractivity contribution in [1.29, 1.82) is 0 Å². The van der Waals surface area contributed by atoms with Crippen molar-refractivity contribution in [2.45, 2.75) is 77.6 Å². The Morgan fingerprint density at radius 3 is 1.70 bits per heavy atom. The Balaban J connectivity index is 1.78. The number of hydrogen-bond acceptors (Lipinski definition) is 4. The molecule has 0 atom stereocenters. The maximum atomic E-state index is 14.2. The molecule has 33 heavy (non-hydrogen) atoms. The molecule has 4 nitrogen and oxygen atoms in total. The van der Waals surface area contributed by atoms with Gasteiger partial charge in [-0.2, -0.15) is 0 Å². The fraction of sp³-hybridized carbons (Fsp3) is 0.480. The summed E-state index contributed by atoms with van der Waals surface area (Å²) in [4.78, 5) is 11.9. The third-order valence-corrected chi connectivity index (χ3v) is 5.14. The van der Waals surface area contributed by atoms with Gasteiger partial charge in [-0.05, 0) is 18.6 Å². The second kappa shape index (κ2) is 14.4. The van der Waals surface area contributed by atoms with Crippen molar-refractivity contribution < 1.29 is 27.1 Å². The lowest BCUT2D eigenvalue weighted by molar-refractivity contribution is -0.134. The molecule has 0 aromatic heterocycles. The summed E-state index contributed by atoms with van der Waals surface area (Å²) in [6.45, 7) is 2.19. The van der Waals surface area contributed by atoms with E-state index in [0.717, 1.165) is 49.6 Å². The Kier molecular flexibility index (Phi) is 11.6. The molecular formula is C25H30F4N2O2. The van der Waals surface area contributed by atoms with Crippen LogP contribution in [-0.2, 0) is 4.79 Å². The highest BCUT2D eigenvalue weighted by Crippen LogP contribution is 2.30. The van der Waals surface area contributed by atoms with Gasteiger partial charge in [0.1, 0.15) is 5.75 Å². The highest BCUT2D eigenvalue weighted by atomic mass is 19.1. The number of halogens is 4. The number of hydrogen-bond donors (Lipinski definition) is 0. The fourth-order valence-electron chi connectivity index (χ4n) is 3.32. The van der Waals surface area contributed by atoms with E-state index in [4.69, 9.17) is 4.74 Å². The van der Waals surface area contributed by atoms with Crippen LogP contribution in [0.1, 0.15) is 77.6 Å². The maximum Gasteiger partial charge on any atom is 0.311 e. The molecule has 8 heteroatoms. The summed E-state index contributed by atoms with van der Waals surface area (Å²) in [6.07, 6.45) is 11.4. The third kappa shape index (κ3) is 9.32. The zero-order chi connectivity index (χ0) is 24.1. The molecular weight excluding hydrogens is 436 g/mol. The molecule has 0 spiro atoms. The lowest BCUT2D eigenvalue weighted by Gasteiger charge is -2.07. The summed E-state index contributed by atoms with van der Waals surface area (Å²) >= 11 is 0. The molecule has 180 valence electrons. The largest absolute Gasteiger partial charge is 0.426 e. The van der Waals surface area contributed by atoms with E-state index in [-0.39, 0.29) is 12.2 Å². The van der Waals surface area contributed by atoms with Crippen molar-refractivity contribution in [3.05, 3.63) is 53.6 Å². The molecule has 2 aromatic rings. The first-order chi connectivity index (χ1) is 15.9. The molecule has 2 rings (SSSR count). The topological polar surface area (TPSA) is 51.0 Å². The number of ether oxygens (including phenoxy) is 1. The van der Waals surface area contributed by atoms with Gasteiger partial charge in [-0.15, -0.1) is 10.2 Å². The summed E-state index contributed by atoms with van der Waals surface area (Å²) in [6, 6.07) is 4.59. The average Bonchev–Trinajstić information content (AvgIpc) is 2.76. The first kappa shape index (κ1) is 26.5. The van der Waals surface area contributed by atoms with E-state index in [2.05, 4.69) is 17.2 Å². The summed E-state index contributed by atoms with van der Waals surface area (Å²) < 4.78 is 60.6. The third-order valence-electron chi connectivity index (χ3n) is 5.14. The minimum atomic E-state index is -1.17. The first-order valence-electron chi connectivity index (χ1n) is 11.5. The minimum Gasteiger partial charge on any atom is -0.426 e. The van der Waals surface area contributed by atoms with E-state index in [1.165, 1.54) is 38.5 Å². The Labute approximate surface area is 192 Å². The van der Waals surface area contributed by atoms with Gasteiger partial charge in [0, 0.05) is 18.6 Å². The van der Waals surface area contributed by atoms with E-state index < -0.39 is 40.6 Å². The number of azo groups is 1. The lowest BCUT2D eigenvalue weighted by atomic mass is 10.1. The number of esters is 1. The van der Waals surface area contributed by atoms with E-state index in [0.29, 0.717) is 6.42 Å². The Morgan fingerprint density at radius 1 is 0.727 bits per heavy atom. The van der Waals surface area contributed by atoms with E-state index in [9.17, 15) is 22.4 Å². The highest BCUT2D eigenvalue weighted by molar-refractivity contribution is 5.72. The van der Waals surface area contributed by atoms with Crippen LogP contribution in [-0.4, -0.2) is 5.97 Å². The van der Waals surface area contributed by atoms with Crippen LogP contribution in [0, 0.1) is 23.3 Å². The van der Waals surface area contributed by atoms with Crippen molar-refractivity contribution in [2.24, 2.45) is 10.2 Å². The van der Waals surface area contributed by atoms with E-state index in [1.807, 2.05) is 0 Å². The summed E-state index contributed by atoms with van der Waals surface area (Å²) in [7, 11) is 0. The molecule has 0 aliphatic heterocycles. The summed E-state index contributed by atoms with van der Waals surface area (Å²) in [5.74, 6) is -5.27. The Bertz CT molecular complexity index is 891. The first-order valence-corrected chi connectivity index (χ1v) is 11.5. The molecule has 0 fully saturated rings. The van der Waals surface area contributed by atoms with Crippen LogP contribution in [0.3, 0.4) is 0 Å². The van der Waals surface area contributed by atoms with Gasteiger partial charge in [0.25, 0.3) is 0 Å². The number of benzene rings is 2. The minimum absolute atomic E-state index is 0.147. The van der Waals surface area contributed by atoms with Crippen molar-refractivity contribution in [3.63, 3.8) is 0 Å². The Hall–Kier alpha value is -2.77. The van der Waals surface area contributed by atoms with Gasteiger partial charge in [0.05, 0.1) is 0 Å². The van der Waals surface area contributed by atoms with Crippen LogP contribution in [0.4, 0.5) is 28.9 Å². The molecule has 0 unspecified atom stereocenters. The van der Waals surface area contributed by atoms with Gasteiger partial charge in [0.2, 0.25) is 0 Å². The summed E-state index contributed by atoms with van der Waals surface area (Å²) in [5.41, 5.74) is -1.60. The van der Waals surface area contributed by atoms with Gasteiger partial charge in [-0.1, -0.05) is 70.8 Å². The van der Waals surface area contributed by atoms with E-state index >= 15 is 0 Å². The number of rotatable bonds is 14. The monoisotopic (exact) mass is 466 g/mol. The number of carbonyl (C=O) groups excluding carboxylic acids is 1. The van der Waals surface area contributed by atoms with Crippen LogP contribution < -0.4 is 4.74 Å². The van der Waals surface area contributed by atoms with Crippen molar-refractivity contribution >= 4 is 17.3 Å². The van der Waals surface area contributed by atoms with Gasteiger partial charge in [0.15, 0.2) is 34.6 Å². The molecule has 2 aromatic carbocycles. The number of nitrogens with zero attached hydrogens (tertiary/aromatic N) is 2. The van der Waals surface area contributed by atoms with Crippen LogP contribution in [0.25, 0.3) is 0 Å². The molecule has 0 N–H and O–H groups in total. The molecule has 0 amide bonds. The zero-order valence-electron chi connectivity index (χ0n) is 18.9. The fourth-order valence-corrected chi connectivity index (χ4v) is 3.32. The van der Waals surface area contributed by atoms with Gasteiger partial charge in [-0.3, -0.25) is 4.79 Å². The molecule has 0 radical (unpaired) electrons. The average molecular weight is 467 g/mol. The molecule has 0 heterocycles. The second-order valence-electron chi connectivity index (χ2n) is 7.91. The molecule has 0 aliphatic rings. The highest BCUT2D eigenvalue weighted by Gasteiger charge is 2.15. The summed E-state index contributed by atoms with van der Waals surface area (Å²) in [5, 5.41) is 6.54. The predicted octanol–water partition coefficient (Wildman–Crippen LogP) is 8.87. The normalized spacial score (nSPS) is 11.3. The van der Waals surface area contributed by atoms with Crippen LogP contribution in [0.15, 0.2) is 40.6 Å². The van der Waals surface area contributed by atoms with Crippen molar-refractivity contribution in [2.75, 3.05) is 0 Å². The SMILES string of the molecule is CCCCCCCCCCCCC(=O)Oc1cc(F)c(N=Nc2c(F)cccc2F)c(F)c1. The van der Waals surface area contributed by atoms with Gasteiger partial charge >= 0.3 is 5.97 Å². The standard InChI is InChI=1S/C25H30F4N2O2/c1-2-3-4-5-6-7-8-9-10-11-15-23(32)33-18-16-21(28)25(22(29)17-18)31-30-24-19(26)13-12-14-20(24)27/h12-14,16-17H,2-11,15H2,1H3. The number of carbonyl (C=O) groups is 1. The predicted molar refractivity (Wildman–Crippen MR) is 119 cm³/mol. The van der Waals surface area contributed by atoms with Crippen LogP contribution in [0.2, 0.25) is 0 Å². The molecule has 0 bridgehead atoms. The molecule has 0 saturated heterocycles. The zero-order valence-corrected chi connectivity index (χ0v) is 18.9. The van der Waals surface area contributed by atoms with Crippen LogP contribution in [0.5, 0.6) is 5.75 Å². The lowest BCUT2D eigenvalue weighted by Crippen LogP contribution is -2.08. The second-order valence-corrected chi connectivity index (χ2v) is 7.91. The molecule has 0 saturated carbocycles. The van der Waals surface area contributed by atoms with Crippen molar-refractivity contribution in [1.82, 2.24) is 0 Å². The number of unbranched alkanes of at least 4 members (excludes halogenated alkanes) is 9.